The lowest BCUT2D eigenvalue weighted by Crippen LogP contribution is -2.58. The highest BCUT2D eigenvalue weighted by atomic mass is 32.2. The third kappa shape index (κ3) is 2.84. The zero-order valence-electron chi connectivity index (χ0n) is 9.40. The van der Waals surface area contributed by atoms with Crippen LogP contribution in [0.3, 0.4) is 0 Å². The number of hydrogen-bond acceptors (Lipinski definition) is 4. The van der Waals surface area contributed by atoms with Crippen molar-refractivity contribution in [3.8, 4) is 0 Å². The molecule has 3 N–H and O–H groups in total. The SMILES string of the molecule is O=C(NC1CCOC1)NC1(C(=O)O)CCSC1. The molecule has 2 rings (SSSR count). The molecule has 0 aromatic rings. The molecule has 6 nitrogen and oxygen atoms in total. The van der Waals surface area contributed by atoms with Crippen LogP contribution in [0.15, 0.2) is 0 Å². The highest BCUT2D eigenvalue weighted by Gasteiger charge is 2.43. The van der Waals surface area contributed by atoms with E-state index in [1.807, 2.05) is 0 Å². The Balaban J connectivity index is 1.89. The molecule has 2 aliphatic heterocycles. The van der Waals surface area contributed by atoms with Gasteiger partial charge in [-0.15, -0.1) is 0 Å². The summed E-state index contributed by atoms with van der Waals surface area (Å²) in [6, 6.07) is -0.416. The number of carbonyl (C=O) groups is 2. The Morgan fingerprint density at radius 2 is 2.29 bits per heavy atom. The summed E-state index contributed by atoms with van der Waals surface area (Å²) in [5, 5.41) is 14.5. The summed E-state index contributed by atoms with van der Waals surface area (Å²) in [4.78, 5) is 22.9. The van der Waals surface area contributed by atoms with Gasteiger partial charge < -0.3 is 20.5 Å². The Morgan fingerprint density at radius 3 is 2.82 bits per heavy atom. The van der Waals surface area contributed by atoms with Crippen LogP contribution in [0.5, 0.6) is 0 Å². The number of hydrogen-bond donors (Lipinski definition) is 3. The second-order valence-corrected chi connectivity index (χ2v) is 5.45. The predicted molar refractivity (Wildman–Crippen MR) is 63.2 cm³/mol. The quantitative estimate of drug-likeness (QED) is 0.666. The average Bonchev–Trinajstić information content (AvgIpc) is 2.89. The molecule has 17 heavy (non-hydrogen) atoms. The van der Waals surface area contributed by atoms with Crippen molar-refractivity contribution >= 4 is 23.8 Å². The van der Waals surface area contributed by atoms with E-state index in [2.05, 4.69) is 10.6 Å². The smallest absolute Gasteiger partial charge is 0.330 e. The van der Waals surface area contributed by atoms with Crippen LogP contribution >= 0.6 is 11.8 Å². The molecule has 0 aromatic carbocycles. The van der Waals surface area contributed by atoms with E-state index >= 15 is 0 Å². The van der Waals surface area contributed by atoms with E-state index in [0.29, 0.717) is 25.4 Å². The van der Waals surface area contributed by atoms with Crippen molar-refractivity contribution in [1.29, 1.82) is 0 Å². The van der Waals surface area contributed by atoms with Gasteiger partial charge in [0.2, 0.25) is 0 Å². The van der Waals surface area contributed by atoms with Crippen molar-refractivity contribution in [2.24, 2.45) is 0 Å². The molecule has 0 radical (unpaired) electrons. The largest absolute Gasteiger partial charge is 0.479 e. The van der Waals surface area contributed by atoms with Crippen molar-refractivity contribution in [2.45, 2.75) is 24.4 Å². The zero-order valence-corrected chi connectivity index (χ0v) is 10.2. The predicted octanol–water partition coefficient (Wildman–Crippen LogP) is 0.0348. The Kier molecular flexibility index (Phi) is 3.78. The zero-order chi connectivity index (χ0) is 12.3. The van der Waals surface area contributed by atoms with Crippen molar-refractivity contribution in [2.75, 3.05) is 24.7 Å². The number of ether oxygens (including phenoxy) is 1. The molecule has 2 atom stereocenters. The fourth-order valence-electron chi connectivity index (χ4n) is 1.97. The Bertz CT molecular complexity index is 311. The molecule has 2 heterocycles. The van der Waals surface area contributed by atoms with Crippen molar-refractivity contribution in [3.63, 3.8) is 0 Å². The number of aliphatic carboxylic acids is 1. The van der Waals surface area contributed by atoms with Gasteiger partial charge in [0.15, 0.2) is 0 Å². The summed E-state index contributed by atoms with van der Waals surface area (Å²) in [5.41, 5.74) is -1.10. The minimum absolute atomic E-state index is 0.00472. The second kappa shape index (κ2) is 5.14. The molecule has 2 aliphatic rings. The first-order valence-electron chi connectivity index (χ1n) is 5.60. The van der Waals surface area contributed by atoms with Crippen molar-refractivity contribution in [1.82, 2.24) is 10.6 Å². The van der Waals surface area contributed by atoms with E-state index < -0.39 is 17.5 Å². The number of rotatable bonds is 3. The van der Waals surface area contributed by atoms with Gasteiger partial charge in [-0.1, -0.05) is 0 Å². The van der Waals surface area contributed by atoms with E-state index in [1.54, 1.807) is 11.8 Å². The van der Waals surface area contributed by atoms with Gasteiger partial charge >= 0.3 is 12.0 Å². The Hall–Kier alpha value is -0.950. The first-order chi connectivity index (χ1) is 8.12. The molecule has 0 aromatic heterocycles. The minimum Gasteiger partial charge on any atom is -0.479 e. The van der Waals surface area contributed by atoms with Gasteiger partial charge in [-0.2, -0.15) is 11.8 Å². The van der Waals surface area contributed by atoms with Gasteiger partial charge in [0.05, 0.1) is 12.6 Å². The van der Waals surface area contributed by atoms with E-state index in [4.69, 9.17) is 4.74 Å². The number of carboxylic acid groups (broad SMARTS) is 1. The van der Waals surface area contributed by atoms with E-state index in [1.165, 1.54) is 0 Å². The number of carboxylic acids is 1. The first kappa shape index (κ1) is 12.5. The lowest BCUT2D eigenvalue weighted by molar-refractivity contribution is -0.143. The highest BCUT2D eigenvalue weighted by molar-refractivity contribution is 7.99. The van der Waals surface area contributed by atoms with Crippen LogP contribution in [-0.4, -0.2) is 53.4 Å². The molecular formula is C10H16N2O4S. The van der Waals surface area contributed by atoms with Gasteiger partial charge in [0.1, 0.15) is 5.54 Å². The molecule has 0 saturated carbocycles. The second-order valence-electron chi connectivity index (χ2n) is 4.35. The van der Waals surface area contributed by atoms with Gasteiger partial charge in [-0.25, -0.2) is 9.59 Å². The molecule has 7 heteroatoms. The molecule has 2 fully saturated rings. The maximum Gasteiger partial charge on any atom is 0.330 e. The number of thioether (sulfide) groups is 1. The van der Waals surface area contributed by atoms with Crippen LogP contribution in [-0.2, 0) is 9.53 Å². The van der Waals surface area contributed by atoms with Gasteiger partial charge in [-0.05, 0) is 18.6 Å². The summed E-state index contributed by atoms with van der Waals surface area (Å²) < 4.78 is 5.14. The molecule has 0 aliphatic carbocycles. The number of amides is 2. The maximum absolute atomic E-state index is 11.7. The molecular weight excluding hydrogens is 244 g/mol. The number of carbonyl (C=O) groups excluding carboxylic acids is 1. The lowest BCUT2D eigenvalue weighted by atomic mass is 10.00. The molecule has 96 valence electrons. The maximum atomic E-state index is 11.7. The molecule has 0 bridgehead atoms. The van der Waals surface area contributed by atoms with E-state index in [-0.39, 0.29) is 6.04 Å². The van der Waals surface area contributed by atoms with E-state index in [9.17, 15) is 14.7 Å². The standard InChI is InChI=1S/C10H16N2O4S/c13-8(14)10(2-4-17-6-10)12-9(15)11-7-1-3-16-5-7/h7H,1-6H2,(H,13,14)(H2,11,12,15). The third-order valence-electron chi connectivity index (χ3n) is 3.05. The van der Waals surface area contributed by atoms with Crippen LogP contribution < -0.4 is 10.6 Å². The van der Waals surface area contributed by atoms with Crippen LogP contribution in [0.1, 0.15) is 12.8 Å². The summed E-state index contributed by atoms with van der Waals surface area (Å²) in [5.74, 6) is 0.232. The minimum atomic E-state index is -1.10. The monoisotopic (exact) mass is 260 g/mol. The molecule has 0 spiro atoms. The summed E-state index contributed by atoms with van der Waals surface area (Å²) >= 11 is 1.55. The van der Waals surface area contributed by atoms with Gasteiger partial charge in [-0.3, -0.25) is 0 Å². The summed E-state index contributed by atoms with van der Waals surface area (Å²) in [6.07, 6.45) is 1.25. The molecule has 2 amide bonds. The van der Waals surface area contributed by atoms with E-state index in [0.717, 1.165) is 12.2 Å². The summed E-state index contributed by atoms with van der Waals surface area (Å²) in [7, 11) is 0. The van der Waals surface area contributed by atoms with Gasteiger partial charge in [0, 0.05) is 12.4 Å². The topological polar surface area (TPSA) is 87.7 Å². The van der Waals surface area contributed by atoms with Crippen molar-refractivity contribution in [3.05, 3.63) is 0 Å². The fraction of sp³-hybridized carbons (Fsp3) is 0.800. The third-order valence-corrected chi connectivity index (χ3v) is 4.24. The Labute approximate surface area is 103 Å². The highest BCUT2D eigenvalue weighted by Crippen LogP contribution is 2.28. The van der Waals surface area contributed by atoms with Gasteiger partial charge in [0.25, 0.3) is 0 Å². The van der Waals surface area contributed by atoms with Crippen LogP contribution in [0.25, 0.3) is 0 Å². The lowest BCUT2D eigenvalue weighted by Gasteiger charge is -2.25. The normalized spacial score (nSPS) is 32.4. The fourth-order valence-corrected chi connectivity index (χ4v) is 3.30. The molecule has 2 unspecified atom stereocenters. The Morgan fingerprint density at radius 1 is 1.47 bits per heavy atom. The van der Waals surface area contributed by atoms with Crippen LogP contribution in [0.2, 0.25) is 0 Å². The molecule has 2 saturated heterocycles. The summed E-state index contributed by atoms with van der Waals surface area (Å²) in [6.45, 7) is 1.15. The number of nitrogens with one attached hydrogen (secondary N) is 2. The van der Waals surface area contributed by atoms with Crippen LogP contribution in [0, 0.1) is 0 Å². The van der Waals surface area contributed by atoms with Crippen LogP contribution in [0.4, 0.5) is 4.79 Å². The van der Waals surface area contributed by atoms with Crippen molar-refractivity contribution < 1.29 is 19.4 Å². The number of urea groups is 1. The average molecular weight is 260 g/mol. The first-order valence-corrected chi connectivity index (χ1v) is 6.75.